The van der Waals surface area contributed by atoms with Crippen LogP contribution < -0.4 is 15.8 Å². The second-order valence-electron chi connectivity index (χ2n) is 5.71. The first kappa shape index (κ1) is 17.6. The summed E-state index contributed by atoms with van der Waals surface area (Å²) in [6, 6.07) is 5.47. The van der Waals surface area contributed by atoms with E-state index in [0.29, 0.717) is 23.9 Å². The number of alkyl carbamates (subject to hydrolysis) is 1. The van der Waals surface area contributed by atoms with Crippen molar-refractivity contribution < 1.29 is 14.3 Å². The van der Waals surface area contributed by atoms with Crippen LogP contribution in [0.5, 0.6) is 5.75 Å². The van der Waals surface area contributed by atoms with E-state index in [2.05, 4.69) is 5.32 Å². The number of benzene rings is 1. The van der Waals surface area contributed by atoms with E-state index < -0.39 is 11.7 Å². The van der Waals surface area contributed by atoms with Crippen LogP contribution in [-0.2, 0) is 4.74 Å². The third-order valence-corrected chi connectivity index (χ3v) is 3.12. The number of halogens is 1. The number of carbonyl (C=O) groups excluding carboxylic acids is 1. The van der Waals surface area contributed by atoms with E-state index >= 15 is 0 Å². The van der Waals surface area contributed by atoms with Gasteiger partial charge in [-0.3, -0.25) is 0 Å². The molecule has 1 amide bonds. The zero-order chi connectivity index (χ0) is 16.0. The van der Waals surface area contributed by atoms with Crippen molar-refractivity contribution in [3.8, 4) is 5.75 Å². The number of carbonyl (C=O) groups is 1. The second-order valence-corrected chi connectivity index (χ2v) is 6.12. The highest BCUT2D eigenvalue weighted by Crippen LogP contribution is 2.28. The fourth-order valence-corrected chi connectivity index (χ4v) is 2.06. The summed E-state index contributed by atoms with van der Waals surface area (Å²) in [6.45, 7) is 6.22. The number of hydrogen-bond donors (Lipinski definition) is 2. The molecule has 0 aromatic heterocycles. The Morgan fingerprint density at radius 2 is 2.10 bits per heavy atom. The van der Waals surface area contributed by atoms with E-state index in [1.165, 1.54) is 0 Å². The van der Waals surface area contributed by atoms with Crippen LogP contribution in [0.25, 0.3) is 0 Å². The fourth-order valence-electron chi connectivity index (χ4n) is 1.79. The highest BCUT2D eigenvalue weighted by atomic mass is 35.5. The van der Waals surface area contributed by atoms with Gasteiger partial charge in [-0.25, -0.2) is 4.79 Å². The molecule has 0 saturated carbocycles. The maximum atomic E-state index is 11.7. The van der Waals surface area contributed by atoms with E-state index in [9.17, 15) is 4.79 Å². The molecule has 0 aliphatic rings. The van der Waals surface area contributed by atoms with E-state index in [-0.39, 0.29) is 5.92 Å². The highest BCUT2D eigenvalue weighted by Gasteiger charge is 2.18. The average molecular weight is 315 g/mol. The van der Waals surface area contributed by atoms with Gasteiger partial charge in [-0.2, -0.15) is 0 Å². The molecule has 0 heterocycles. The van der Waals surface area contributed by atoms with Crippen molar-refractivity contribution in [3.63, 3.8) is 0 Å². The van der Waals surface area contributed by atoms with Crippen molar-refractivity contribution in [1.82, 2.24) is 5.32 Å². The van der Waals surface area contributed by atoms with Crippen molar-refractivity contribution in [3.05, 3.63) is 28.8 Å². The van der Waals surface area contributed by atoms with Crippen LogP contribution in [0.1, 0.15) is 32.3 Å². The molecule has 1 aromatic carbocycles. The first-order valence-corrected chi connectivity index (χ1v) is 7.15. The number of rotatable bonds is 5. The Bertz CT molecular complexity index is 486. The van der Waals surface area contributed by atoms with Gasteiger partial charge in [0.1, 0.15) is 11.4 Å². The fraction of sp³-hybridized carbons (Fsp3) is 0.533. The zero-order valence-corrected chi connectivity index (χ0v) is 13.7. The van der Waals surface area contributed by atoms with E-state index in [4.69, 9.17) is 26.8 Å². The summed E-state index contributed by atoms with van der Waals surface area (Å²) < 4.78 is 10.3. The molecule has 5 nitrogen and oxygen atoms in total. The molecule has 0 aliphatic carbocycles. The SMILES string of the molecule is COc1ccc(C(CN)CNC(=O)OC(C)(C)C)cc1Cl. The van der Waals surface area contributed by atoms with Gasteiger partial charge >= 0.3 is 6.09 Å². The Balaban J connectivity index is 2.67. The normalized spacial score (nSPS) is 12.7. The van der Waals surface area contributed by atoms with Gasteiger partial charge < -0.3 is 20.5 Å². The van der Waals surface area contributed by atoms with Gasteiger partial charge in [0.05, 0.1) is 12.1 Å². The van der Waals surface area contributed by atoms with E-state index in [0.717, 1.165) is 5.56 Å². The van der Waals surface area contributed by atoms with Gasteiger partial charge in [0.15, 0.2) is 0 Å². The molecule has 3 N–H and O–H groups in total. The van der Waals surface area contributed by atoms with Gasteiger partial charge in [-0.05, 0) is 38.5 Å². The molecule has 6 heteroatoms. The summed E-state index contributed by atoms with van der Waals surface area (Å²) in [5, 5.41) is 3.24. The quantitative estimate of drug-likeness (QED) is 0.876. The Morgan fingerprint density at radius 1 is 1.43 bits per heavy atom. The molecule has 1 aromatic rings. The predicted molar refractivity (Wildman–Crippen MR) is 84.0 cm³/mol. The molecule has 0 radical (unpaired) electrons. The zero-order valence-electron chi connectivity index (χ0n) is 12.9. The number of ether oxygens (including phenoxy) is 2. The first-order chi connectivity index (χ1) is 9.76. The van der Waals surface area contributed by atoms with Crippen LogP contribution in [0, 0.1) is 0 Å². The molecular weight excluding hydrogens is 292 g/mol. The molecule has 0 spiro atoms. The lowest BCUT2D eigenvalue weighted by atomic mass is 9.99. The van der Waals surface area contributed by atoms with Crippen LogP contribution in [-0.4, -0.2) is 31.9 Å². The number of hydrogen-bond acceptors (Lipinski definition) is 4. The third kappa shape index (κ3) is 5.81. The van der Waals surface area contributed by atoms with Crippen LogP contribution in [0.15, 0.2) is 18.2 Å². The number of methoxy groups -OCH3 is 1. The number of amides is 1. The molecule has 0 saturated heterocycles. The molecule has 1 rings (SSSR count). The van der Waals surface area contributed by atoms with Crippen LogP contribution in [0.2, 0.25) is 5.02 Å². The third-order valence-electron chi connectivity index (χ3n) is 2.82. The van der Waals surface area contributed by atoms with Crippen molar-refractivity contribution in [2.75, 3.05) is 20.2 Å². The minimum absolute atomic E-state index is 0.0408. The summed E-state index contributed by atoms with van der Waals surface area (Å²) in [5.41, 5.74) is 6.19. The Labute approximate surface area is 130 Å². The van der Waals surface area contributed by atoms with Gasteiger partial charge in [0, 0.05) is 19.0 Å². The molecule has 21 heavy (non-hydrogen) atoms. The summed E-state index contributed by atoms with van der Waals surface area (Å²) in [7, 11) is 1.56. The van der Waals surface area contributed by atoms with Crippen LogP contribution >= 0.6 is 11.6 Å². The lowest BCUT2D eigenvalue weighted by Gasteiger charge is -2.22. The summed E-state index contributed by atoms with van der Waals surface area (Å²) in [6.07, 6.45) is -0.458. The smallest absolute Gasteiger partial charge is 0.407 e. The maximum Gasteiger partial charge on any atom is 0.407 e. The van der Waals surface area contributed by atoms with Crippen molar-refractivity contribution in [2.45, 2.75) is 32.3 Å². The van der Waals surface area contributed by atoms with Crippen molar-refractivity contribution >= 4 is 17.7 Å². The monoisotopic (exact) mass is 314 g/mol. The molecular formula is C15H23ClN2O3. The van der Waals surface area contributed by atoms with Crippen LogP contribution in [0.4, 0.5) is 4.79 Å². The summed E-state index contributed by atoms with van der Waals surface area (Å²) in [5.74, 6) is 0.567. The Morgan fingerprint density at radius 3 is 2.57 bits per heavy atom. The summed E-state index contributed by atoms with van der Waals surface area (Å²) >= 11 is 6.10. The maximum absolute atomic E-state index is 11.7. The Kier molecular flexibility index (Phi) is 6.30. The van der Waals surface area contributed by atoms with Gasteiger partial charge in [0.25, 0.3) is 0 Å². The van der Waals surface area contributed by atoms with Gasteiger partial charge in [-0.1, -0.05) is 17.7 Å². The highest BCUT2D eigenvalue weighted by molar-refractivity contribution is 6.32. The van der Waals surface area contributed by atoms with Gasteiger partial charge in [0.2, 0.25) is 0 Å². The topological polar surface area (TPSA) is 73.6 Å². The molecule has 118 valence electrons. The number of nitrogens with two attached hydrogens (primary N) is 1. The van der Waals surface area contributed by atoms with E-state index in [1.54, 1.807) is 19.2 Å². The van der Waals surface area contributed by atoms with Gasteiger partial charge in [-0.15, -0.1) is 0 Å². The van der Waals surface area contributed by atoms with Crippen LogP contribution in [0.3, 0.4) is 0 Å². The number of nitrogens with one attached hydrogen (secondary N) is 1. The van der Waals surface area contributed by atoms with Crippen molar-refractivity contribution in [2.24, 2.45) is 5.73 Å². The minimum Gasteiger partial charge on any atom is -0.495 e. The molecule has 0 bridgehead atoms. The lowest BCUT2D eigenvalue weighted by Crippen LogP contribution is -2.36. The van der Waals surface area contributed by atoms with Crippen molar-refractivity contribution in [1.29, 1.82) is 0 Å². The largest absolute Gasteiger partial charge is 0.495 e. The molecule has 1 unspecified atom stereocenters. The predicted octanol–water partition coefficient (Wildman–Crippen LogP) is 2.92. The average Bonchev–Trinajstić information content (AvgIpc) is 2.37. The Hall–Kier alpha value is -1.46. The standard InChI is InChI=1S/C15H23ClN2O3/c1-15(2,3)21-14(19)18-9-11(8-17)10-5-6-13(20-4)12(16)7-10/h5-7,11H,8-9,17H2,1-4H3,(H,18,19). The first-order valence-electron chi connectivity index (χ1n) is 6.77. The van der Waals surface area contributed by atoms with E-state index in [1.807, 2.05) is 26.8 Å². The second kappa shape index (κ2) is 7.52. The molecule has 0 aliphatic heterocycles. The summed E-state index contributed by atoms with van der Waals surface area (Å²) in [4.78, 5) is 11.7. The molecule has 0 fully saturated rings. The lowest BCUT2D eigenvalue weighted by molar-refractivity contribution is 0.0525. The minimum atomic E-state index is -0.522. The molecule has 1 atom stereocenters.